The van der Waals surface area contributed by atoms with E-state index in [9.17, 15) is 0 Å². The maximum atomic E-state index is 5.67. The van der Waals surface area contributed by atoms with Crippen LogP contribution in [0.4, 0.5) is 0 Å². The van der Waals surface area contributed by atoms with E-state index in [1.165, 1.54) is 5.75 Å². The van der Waals surface area contributed by atoms with Gasteiger partial charge in [-0.25, -0.2) is 5.43 Å². The van der Waals surface area contributed by atoms with Crippen molar-refractivity contribution in [2.24, 2.45) is 12.9 Å². The van der Waals surface area contributed by atoms with Crippen molar-refractivity contribution in [2.75, 3.05) is 25.1 Å². The van der Waals surface area contributed by atoms with E-state index in [4.69, 9.17) is 5.84 Å². The third-order valence-corrected chi connectivity index (χ3v) is 4.11. The zero-order valence-corrected chi connectivity index (χ0v) is 10.6. The highest BCUT2D eigenvalue weighted by atomic mass is 32.2. The number of rotatable bonds is 3. The third kappa shape index (κ3) is 2.40. The molecule has 2 heterocycles. The molecule has 1 saturated heterocycles. The Labute approximate surface area is 100 Å². The summed E-state index contributed by atoms with van der Waals surface area (Å²) in [7, 11) is 4.08. The maximum absolute atomic E-state index is 5.67. The van der Waals surface area contributed by atoms with E-state index in [1.807, 2.05) is 35.8 Å². The fourth-order valence-electron chi connectivity index (χ4n) is 2.05. The average molecular weight is 241 g/mol. The number of hydrogen-bond donors (Lipinski definition) is 2. The number of aryl methyl sites for hydroxylation is 1. The van der Waals surface area contributed by atoms with Crippen molar-refractivity contribution < 1.29 is 0 Å². The van der Waals surface area contributed by atoms with Gasteiger partial charge in [0.15, 0.2) is 0 Å². The van der Waals surface area contributed by atoms with E-state index in [-0.39, 0.29) is 6.04 Å². The van der Waals surface area contributed by atoms with Crippen molar-refractivity contribution >= 4 is 11.8 Å². The molecular weight excluding hydrogens is 222 g/mol. The van der Waals surface area contributed by atoms with E-state index in [0.717, 1.165) is 18.0 Å². The molecule has 3 N–H and O–H groups in total. The summed E-state index contributed by atoms with van der Waals surface area (Å²) in [5.74, 6) is 7.97. The van der Waals surface area contributed by atoms with Gasteiger partial charge < -0.3 is 0 Å². The fraction of sp³-hybridized carbons (Fsp3) is 0.700. The van der Waals surface area contributed by atoms with E-state index < -0.39 is 0 Å². The number of thioether (sulfide) groups is 1. The molecule has 1 aliphatic rings. The van der Waals surface area contributed by atoms with Crippen molar-refractivity contribution in [1.82, 2.24) is 20.1 Å². The molecule has 0 amide bonds. The van der Waals surface area contributed by atoms with Crippen LogP contribution in [0.5, 0.6) is 0 Å². The molecule has 2 unspecified atom stereocenters. The molecule has 16 heavy (non-hydrogen) atoms. The highest BCUT2D eigenvalue weighted by Gasteiger charge is 2.29. The van der Waals surface area contributed by atoms with Crippen molar-refractivity contribution in [3.05, 3.63) is 18.0 Å². The molecule has 1 aromatic heterocycles. The van der Waals surface area contributed by atoms with E-state index >= 15 is 0 Å². The smallest absolute Gasteiger partial charge is 0.0823 e. The van der Waals surface area contributed by atoms with Gasteiger partial charge in [-0.3, -0.25) is 15.4 Å². The topological polar surface area (TPSA) is 59.1 Å². The summed E-state index contributed by atoms with van der Waals surface area (Å²) in [6, 6.07) is 2.55. The first-order valence-corrected chi connectivity index (χ1v) is 6.61. The van der Waals surface area contributed by atoms with E-state index in [2.05, 4.69) is 22.5 Å². The lowest BCUT2D eigenvalue weighted by Crippen LogP contribution is -2.49. The average Bonchev–Trinajstić information content (AvgIpc) is 2.69. The molecule has 0 radical (unpaired) electrons. The Morgan fingerprint density at radius 2 is 2.44 bits per heavy atom. The van der Waals surface area contributed by atoms with Gasteiger partial charge in [0.25, 0.3) is 0 Å². The molecule has 0 aliphatic carbocycles. The van der Waals surface area contributed by atoms with Crippen LogP contribution in [0.2, 0.25) is 0 Å². The molecule has 0 spiro atoms. The second kappa shape index (κ2) is 5.18. The monoisotopic (exact) mass is 241 g/mol. The summed E-state index contributed by atoms with van der Waals surface area (Å²) in [4.78, 5) is 2.36. The highest BCUT2D eigenvalue weighted by Crippen LogP contribution is 2.25. The van der Waals surface area contributed by atoms with Crippen LogP contribution in [0.1, 0.15) is 11.7 Å². The van der Waals surface area contributed by atoms with E-state index in [0.29, 0.717) is 6.04 Å². The van der Waals surface area contributed by atoms with Crippen molar-refractivity contribution in [3.8, 4) is 0 Å². The van der Waals surface area contributed by atoms with Crippen LogP contribution in [0.3, 0.4) is 0 Å². The highest BCUT2D eigenvalue weighted by molar-refractivity contribution is 7.99. The lowest BCUT2D eigenvalue weighted by atomic mass is 10.1. The third-order valence-electron chi connectivity index (χ3n) is 3.06. The normalized spacial score (nSPS) is 24.6. The van der Waals surface area contributed by atoms with Crippen LogP contribution in [0, 0.1) is 0 Å². The second-order valence-corrected chi connectivity index (χ2v) is 5.33. The van der Waals surface area contributed by atoms with Crippen LogP contribution >= 0.6 is 11.8 Å². The van der Waals surface area contributed by atoms with Gasteiger partial charge in [0.05, 0.1) is 11.7 Å². The fourth-order valence-corrected chi connectivity index (χ4v) is 3.32. The molecule has 0 saturated carbocycles. The van der Waals surface area contributed by atoms with E-state index in [1.54, 1.807) is 0 Å². The van der Waals surface area contributed by atoms with Crippen LogP contribution in [0.15, 0.2) is 12.3 Å². The number of hydrazine groups is 1. The minimum Gasteiger partial charge on any atom is -0.300 e. The van der Waals surface area contributed by atoms with Gasteiger partial charge in [-0.1, -0.05) is 0 Å². The number of likely N-dealkylation sites (N-methyl/N-ethyl adjacent to an activating group) is 1. The molecule has 5 nitrogen and oxygen atoms in total. The van der Waals surface area contributed by atoms with Crippen LogP contribution in [0.25, 0.3) is 0 Å². The summed E-state index contributed by atoms with van der Waals surface area (Å²) in [5.41, 5.74) is 3.92. The number of nitrogens with one attached hydrogen (secondary N) is 1. The van der Waals surface area contributed by atoms with Gasteiger partial charge in [-0.05, 0) is 13.1 Å². The molecule has 0 bridgehead atoms. The van der Waals surface area contributed by atoms with Gasteiger partial charge in [-0.2, -0.15) is 16.9 Å². The van der Waals surface area contributed by atoms with Gasteiger partial charge in [0.2, 0.25) is 0 Å². The van der Waals surface area contributed by atoms with Gasteiger partial charge in [-0.15, -0.1) is 0 Å². The number of aromatic nitrogens is 2. The summed E-state index contributed by atoms with van der Waals surface area (Å²) in [6.45, 7) is 1.11. The van der Waals surface area contributed by atoms with Crippen LogP contribution < -0.4 is 11.3 Å². The zero-order valence-electron chi connectivity index (χ0n) is 9.76. The summed E-state index contributed by atoms with van der Waals surface area (Å²) >= 11 is 1.98. The Balaban J connectivity index is 2.14. The van der Waals surface area contributed by atoms with Crippen molar-refractivity contribution in [3.63, 3.8) is 0 Å². The Morgan fingerprint density at radius 3 is 3.00 bits per heavy atom. The lowest BCUT2D eigenvalue weighted by molar-refractivity contribution is 0.213. The summed E-state index contributed by atoms with van der Waals surface area (Å²) in [5, 5.41) is 4.43. The first-order chi connectivity index (χ1) is 7.72. The van der Waals surface area contributed by atoms with Gasteiger partial charge >= 0.3 is 0 Å². The first kappa shape index (κ1) is 11.9. The molecule has 1 fully saturated rings. The Hall–Kier alpha value is -0.560. The summed E-state index contributed by atoms with van der Waals surface area (Å²) < 4.78 is 1.82. The molecule has 90 valence electrons. The zero-order chi connectivity index (χ0) is 11.5. The molecule has 1 aliphatic heterocycles. The number of nitrogens with two attached hydrogens (primary N) is 1. The Kier molecular flexibility index (Phi) is 3.86. The first-order valence-electron chi connectivity index (χ1n) is 5.46. The Morgan fingerprint density at radius 1 is 1.62 bits per heavy atom. The van der Waals surface area contributed by atoms with Gasteiger partial charge in [0.1, 0.15) is 0 Å². The Bertz CT molecular complexity index is 340. The molecule has 1 aromatic rings. The SMILES string of the molecule is CN1CCSCC1C(NN)c1ccn(C)n1. The quantitative estimate of drug-likeness (QED) is 0.575. The maximum Gasteiger partial charge on any atom is 0.0823 e. The van der Waals surface area contributed by atoms with Crippen LogP contribution in [-0.2, 0) is 7.05 Å². The minimum atomic E-state index is 0.110. The standard InChI is InChI=1S/C10H19N5S/c1-14-5-6-16-7-9(14)10(12-11)8-3-4-15(2)13-8/h3-4,9-10,12H,5-7,11H2,1-2H3. The minimum absolute atomic E-state index is 0.110. The predicted octanol–water partition coefficient (Wildman–Crippen LogP) is -0.0283. The second-order valence-electron chi connectivity index (χ2n) is 4.18. The predicted molar refractivity (Wildman–Crippen MR) is 67.0 cm³/mol. The lowest BCUT2D eigenvalue weighted by Gasteiger charge is -2.36. The number of nitrogens with zero attached hydrogens (tertiary/aromatic N) is 3. The number of hydrogen-bond acceptors (Lipinski definition) is 5. The summed E-state index contributed by atoms with van der Waals surface area (Å²) in [6.07, 6.45) is 1.95. The molecular formula is C10H19N5S. The van der Waals surface area contributed by atoms with Gasteiger partial charge in [0, 0.05) is 37.3 Å². The molecule has 2 rings (SSSR count). The van der Waals surface area contributed by atoms with Crippen molar-refractivity contribution in [2.45, 2.75) is 12.1 Å². The molecule has 0 aromatic carbocycles. The van der Waals surface area contributed by atoms with Crippen molar-refractivity contribution in [1.29, 1.82) is 0 Å². The van der Waals surface area contributed by atoms with Crippen LogP contribution in [-0.4, -0.2) is 45.8 Å². The molecule has 6 heteroatoms. The largest absolute Gasteiger partial charge is 0.300 e. The molecule has 2 atom stereocenters.